The van der Waals surface area contributed by atoms with Gasteiger partial charge in [0.15, 0.2) is 0 Å². The van der Waals surface area contributed by atoms with Gasteiger partial charge in [0.1, 0.15) is 11.9 Å². The molecule has 0 saturated carbocycles. The van der Waals surface area contributed by atoms with Crippen LogP contribution in [-0.4, -0.2) is 18.5 Å². The fourth-order valence-corrected chi connectivity index (χ4v) is 3.99. The first-order valence-corrected chi connectivity index (χ1v) is 8.82. The highest BCUT2D eigenvalue weighted by molar-refractivity contribution is 6.18. The van der Waals surface area contributed by atoms with Crippen molar-refractivity contribution in [1.29, 1.82) is 0 Å². The normalized spacial score (nSPS) is 18.8. The Morgan fingerprint density at radius 2 is 1.92 bits per heavy atom. The molecule has 0 aliphatic carbocycles. The van der Waals surface area contributed by atoms with Crippen molar-refractivity contribution >= 4 is 22.7 Å². The molecule has 0 aromatic heterocycles. The van der Waals surface area contributed by atoms with Crippen LogP contribution in [0.4, 0.5) is 0 Å². The van der Waals surface area contributed by atoms with Crippen LogP contribution in [0.15, 0.2) is 47.0 Å². The van der Waals surface area contributed by atoms with Crippen molar-refractivity contribution in [3.8, 4) is 5.75 Å². The molecule has 0 spiro atoms. The van der Waals surface area contributed by atoms with E-state index in [1.54, 1.807) is 0 Å². The van der Waals surface area contributed by atoms with Crippen LogP contribution in [0.2, 0.25) is 0 Å². The van der Waals surface area contributed by atoms with Gasteiger partial charge < -0.3 is 4.74 Å². The number of benzene rings is 2. The zero-order chi connectivity index (χ0) is 16.8. The van der Waals surface area contributed by atoms with Gasteiger partial charge in [0, 0.05) is 16.3 Å². The molecule has 2 aliphatic heterocycles. The van der Waals surface area contributed by atoms with Gasteiger partial charge in [-0.3, -0.25) is 4.99 Å². The van der Waals surface area contributed by atoms with Gasteiger partial charge in [-0.1, -0.05) is 30.3 Å². The molecule has 0 saturated heterocycles. The van der Waals surface area contributed by atoms with Crippen molar-refractivity contribution in [2.75, 3.05) is 12.4 Å². The van der Waals surface area contributed by atoms with Gasteiger partial charge >= 0.3 is 0 Å². The summed E-state index contributed by atoms with van der Waals surface area (Å²) in [6.45, 7) is 7.13. The molecule has 0 fully saturated rings. The summed E-state index contributed by atoms with van der Waals surface area (Å²) >= 11 is 6.07. The second-order valence-electron chi connectivity index (χ2n) is 6.56. The Morgan fingerprint density at radius 3 is 2.62 bits per heavy atom. The molecule has 0 radical (unpaired) electrons. The lowest BCUT2D eigenvalue weighted by atomic mass is 9.89. The Balaban J connectivity index is 2.03. The molecule has 2 aromatic rings. The zero-order valence-corrected chi connectivity index (χ0v) is 14.9. The van der Waals surface area contributed by atoms with Gasteiger partial charge in [-0.2, -0.15) is 0 Å². The Labute approximate surface area is 147 Å². The van der Waals surface area contributed by atoms with E-state index in [2.05, 4.69) is 57.2 Å². The standard InChI is InChI=1S/C21H20ClNO/c1-12-11-23-20-14(3)21-16(13(2)18(10-22)24-21)9-17(20)19(12)15-7-5-4-6-8-15/h4-9,18H,10-11H2,1-3H3. The lowest BCUT2D eigenvalue weighted by Gasteiger charge is -2.19. The number of alkyl halides is 1. The number of fused-ring (bicyclic) bond motifs is 2. The van der Waals surface area contributed by atoms with E-state index in [4.69, 9.17) is 21.3 Å². The third-order valence-corrected chi connectivity index (χ3v) is 5.31. The molecule has 24 heavy (non-hydrogen) atoms. The highest BCUT2D eigenvalue weighted by Crippen LogP contribution is 2.30. The molecular formula is C21H20ClNO. The fraction of sp³-hybridized carbons (Fsp3) is 0.286. The highest BCUT2D eigenvalue weighted by atomic mass is 35.5. The number of hydrogen-bond acceptors (Lipinski definition) is 2. The minimum absolute atomic E-state index is 0.0329. The van der Waals surface area contributed by atoms with Gasteiger partial charge in [0.25, 0.3) is 0 Å². The van der Waals surface area contributed by atoms with Crippen molar-refractivity contribution in [2.45, 2.75) is 26.9 Å². The number of rotatable bonds is 2. The van der Waals surface area contributed by atoms with E-state index >= 15 is 0 Å². The Hall–Kier alpha value is -2.06. The Kier molecular flexibility index (Phi) is 3.73. The molecule has 2 heterocycles. The summed E-state index contributed by atoms with van der Waals surface area (Å²) in [5, 5.41) is 2.23. The minimum Gasteiger partial charge on any atom is -0.484 e. The van der Waals surface area contributed by atoms with Crippen molar-refractivity contribution in [2.24, 2.45) is 4.99 Å². The molecule has 2 nitrogen and oxygen atoms in total. The second kappa shape index (κ2) is 5.78. The van der Waals surface area contributed by atoms with Crippen molar-refractivity contribution < 1.29 is 4.74 Å². The largest absolute Gasteiger partial charge is 0.484 e. The van der Waals surface area contributed by atoms with Crippen molar-refractivity contribution in [1.82, 2.24) is 0 Å². The predicted octanol–water partition coefficient (Wildman–Crippen LogP) is 3.62. The van der Waals surface area contributed by atoms with E-state index < -0.39 is 0 Å². The molecule has 0 N–H and O–H groups in total. The molecule has 2 aliphatic rings. The number of hydrogen-bond donors (Lipinski definition) is 0. The summed E-state index contributed by atoms with van der Waals surface area (Å²) in [6.07, 6.45) is -0.0329. The first-order valence-electron chi connectivity index (χ1n) is 8.29. The smallest absolute Gasteiger partial charge is 0.134 e. The topological polar surface area (TPSA) is 21.6 Å². The molecule has 0 bridgehead atoms. The second-order valence-corrected chi connectivity index (χ2v) is 6.86. The van der Waals surface area contributed by atoms with E-state index in [1.165, 1.54) is 33.1 Å². The van der Waals surface area contributed by atoms with Crippen molar-refractivity contribution in [3.05, 3.63) is 69.2 Å². The van der Waals surface area contributed by atoms with Crippen LogP contribution in [-0.2, 0) is 0 Å². The molecule has 4 rings (SSSR count). The Bertz CT molecular complexity index is 973. The van der Waals surface area contributed by atoms with Gasteiger partial charge in [-0.15, -0.1) is 11.6 Å². The summed E-state index contributed by atoms with van der Waals surface area (Å²) < 4.78 is 6.09. The molecule has 1 atom stereocenters. The van der Waals surface area contributed by atoms with Crippen molar-refractivity contribution in [3.63, 3.8) is 0 Å². The zero-order valence-electron chi connectivity index (χ0n) is 14.2. The van der Waals surface area contributed by atoms with Crippen LogP contribution in [0.3, 0.4) is 0 Å². The summed E-state index contributed by atoms with van der Waals surface area (Å²) in [5.41, 5.74) is 7.39. The van der Waals surface area contributed by atoms with Crippen LogP contribution < -0.4 is 15.3 Å². The first kappa shape index (κ1) is 15.5. The van der Waals surface area contributed by atoms with Gasteiger partial charge in [0.2, 0.25) is 0 Å². The average Bonchev–Trinajstić information content (AvgIpc) is 2.92. The van der Waals surface area contributed by atoms with E-state index in [-0.39, 0.29) is 6.10 Å². The lowest BCUT2D eigenvalue weighted by Crippen LogP contribution is -2.24. The van der Waals surface area contributed by atoms with Crippen LogP contribution in [0.25, 0.3) is 11.1 Å². The molecule has 0 amide bonds. The van der Waals surface area contributed by atoms with E-state index in [0.717, 1.165) is 23.2 Å². The molecule has 3 heteroatoms. The van der Waals surface area contributed by atoms with Crippen LogP contribution in [0, 0.1) is 6.92 Å². The fourth-order valence-electron chi connectivity index (χ4n) is 3.69. The maximum Gasteiger partial charge on any atom is 0.134 e. The van der Waals surface area contributed by atoms with E-state index in [9.17, 15) is 0 Å². The predicted molar refractivity (Wildman–Crippen MR) is 99.2 cm³/mol. The molecule has 1 unspecified atom stereocenters. The Morgan fingerprint density at radius 1 is 1.17 bits per heavy atom. The van der Waals surface area contributed by atoms with E-state index in [1.807, 2.05) is 0 Å². The number of ether oxygens (including phenoxy) is 1. The quantitative estimate of drug-likeness (QED) is 0.767. The highest BCUT2D eigenvalue weighted by Gasteiger charge is 2.26. The number of halogens is 1. The summed E-state index contributed by atoms with van der Waals surface area (Å²) in [6, 6.07) is 12.8. The van der Waals surface area contributed by atoms with Gasteiger partial charge in [0.05, 0.1) is 17.8 Å². The SMILES string of the molecule is CC1=C(c2ccccc2)c2cc3c(c(C)c2=NC1)OC(CCl)C=3C. The van der Waals surface area contributed by atoms with E-state index in [0.29, 0.717) is 5.88 Å². The maximum atomic E-state index is 6.09. The molecule has 2 aromatic carbocycles. The third kappa shape index (κ3) is 2.21. The summed E-state index contributed by atoms with van der Waals surface area (Å²) in [7, 11) is 0. The maximum absolute atomic E-state index is 6.09. The van der Waals surface area contributed by atoms with Crippen LogP contribution in [0.5, 0.6) is 5.75 Å². The molecule has 122 valence electrons. The number of nitrogens with zero attached hydrogens (tertiary/aromatic N) is 1. The average molecular weight is 338 g/mol. The monoisotopic (exact) mass is 337 g/mol. The van der Waals surface area contributed by atoms with Gasteiger partial charge in [-0.05, 0) is 49.1 Å². The summed E-state index contributed by atoms with van der Waals surface area (Å²) in [4.78, 5) is 4.82. The first-order chi connectivity index (χ1) is 11.6. The van der Waals surface area contributed by atoms with Crippen LogP contribution in [0.1, 0.15) is 30.5 Å². The third-order valence-electron chi connectivity index (χ3n) is 5.03. The molecular weight excluding hydrogens is 318 g/mol. The summed E-state index contributed by atoms with van der Waals surface area (Å²) in [5.74, 6) is 1.43. The lowest BCUT2D eigenvalue weighted by molar-refractivity contribution is 0.290. The van der Waals surface area contributed by atoms with Crippen LogP contribution >= 0.6 is 11.6 Å². The van der Waals surface area contributed by atoms with Gasteiger partial charge in [-0.25, -0.2) is 0 Å². The minimum atomic E-state index is -0.0329.